The second-order valence-corrected chi connectivity index (χ2v) is 4.90. The molecule has 1 aromatic heterocycles. The van der Waals surface area contributed by atoms with Crippen LogP contribution in [0.4, 0.5) is 11.8 Å². The van der Waals surface area contributed by atoms with Gasteiger partial charge in [-0.15, -0.1) is 0 Å². The standard InChI is InChI=1S/C15H28N4O/c1-4-6-10-20-11-7-9-16-14-13(3)12-18-15(19-14)17-8-5-2/h12H,4-11H2,1-3H3,(H2,16,17,18,19). The summed E-state index contributed by atoms with van der Waals surface area (Å²) in [7, 11) is 0. The zero-order chi connectivity index (χ0) is 14.6. The van der Waals surface area contributed by atoms with Gasteiger partial charge in [-0.05, 0) is 26.2 Å². The maximum absolute atomic E-state index is 5.53. The highest BCUT2D eigenvalue weighted by molar-refractivity contribution is 5.46. The van der Waals surface area contributed by atoms with E-state index >= 15 is 0 Å². The van der Waals surface area contributed by atoms with Crippen molar-refractivity contribution >= 4 is 11.8 Å². The number of ether oxygens (including phenoxy) is 1. The van der Waals surface area contributed by atoms with Crippen molar-refractivity contribution in [3.05, 3.63) is 11.8 Å². The van der Waals surface area contributed by atoms with E-state index in [1.54, 1.807) is 0 Å². The lowest BCUT2D eigenvalue weighted by Gasteiger charge is -2.10. The van der Waals surface area contributed by atoms with Gasteiger partial charge in [-0.2, -0.15) is 4.98 Å². The minimum Gasteiger partial charge on any atom is -0.381 e. The first-order chi connectivity index (χ1) is 9.77. The van der Waals surface area contributed by atoms with Crippen LogP contribution in [-0.2, 0) is 4.74 Å². The highest BCUT2D eigenvalue weighted by Gasteiger charge is 2.02. The van der Waals surface area contributed by atoms with Gasteiger partial charge in [0, 0.05) is 38.1 Å². The van der Waals surface area contributed by atoms with Crippen molar-refractivity contribution in [1.82, 2.24) is 9.97 Å². The zero-order valence-electron chi connectivity index (χ0n) is 13.0. The van der Waals surface area contributed by atoms with Crippen LogP contribution >= 0.6 is 0 Å². The van der Waals surface area contributed by atoms with Crippen molar-refractivity contribution in [3.8, 4) is 0 Å². The Morgan fingerprint density at radius 3 is 2.60 bits per heavy atom. The normalized spacial score (nSPS) is 10.6. The molecule has 0 aliphatic carbocycles. The molecule has 0 amide bonds. The summed E-state index contributed by atoms with van der Waals surface area (Å²) in [6, 6.07) is 0. The quantitative estimate of drug-likeness (QED) is 0.609. The van der Waals surface area contributed by atoms with Crippen molar-refractivity contribution in [2.45, 2.75) is 46.5 Å². The van der Waals surface area contributed by atoms with Crippen LogP contribution in [0.15, 0.2) is 6.20 Å². The highest BCUT2D eigenvalue weighted by Crippen LogP contribution is 2.12. The summed E-state index contributed by atoms with van der Waals surface area (Å²) in [4.78, 5) is 8.75. The number of anilines is 2. The van der Waals surface area contributed by atoms with Gasteiger partial charge in [-0.25, -0.2) is 4.98 Å². The number of nitrogens with zero attached hydrogens (tertiary/aromatic N) is 2. The van der Waals surface area contributed by atoms with E-state index in [4.69, 9.17) is 4.74 Å². The number of aromatic nitrogens is 2. The van der Waals surface area contributed by atoms with Crippen LogP contribution in [0, 0.1) is 6.92 Å². The summed E-state index contributed by atoms with van der Waals surface area (Å²) in [5, 5.41) is 6.55. The monoisotopic (exact) mass is 280 g/mol. The summed E-state index contributed by atoms with van der Waals surface area (Å²) < 4.78 is 5.53. The van der Waals surface area contributed by atoms with Crippen molar-refractivity contribution < 1.29 is 4.74 Å². The van der Waals surface area contributed by atoms with E-state index in [1.807, 2.05) is 13.1 Å². The molecule has 0 saturated carbocycles. The van der Waals surface area contributed by atoms with E-state index < -0.39 is 0 Å². The third kappa shape index (κ3) is 6.70. The van der Waals surface area contributed by atoms with E-state index in [1.165, 1.54) is 6.42 Å². The molecule has 0 fully saturated rings. The molecule has 0 saturated heterocycles. The predicted molar refractivity (Wildman–Crippen MR) is 84.4 cm³/mol. The number of rotatable bonds is 11. The van der Waals surface area contributed by atoms with Crippen LogP contribution in [0.3, 0.4) is 0 Å². The number of nitrogens with one attached hydrogen (secondary N) is 2. The van der Waals surface area contributed by atoms with Gasteiger partial charge in [-0.3, -0.25) is 0 Å². The number of hydrogen-bond donors (Lipinski definition) is 2. The molecule has 0 bridgehead atoms. The van der Waals surface area contributed by atoms with Crippen LogP contribution in [0.2, 0.25) is 0 Å². The molecule has 1 rings (SSSR count). The molecule has 0 spiro atoms. The SMILES string of the molecule is CCCCOCCCNc1nc(NCCC)ncc1C. The fourth-order valence-corrected chi connectivity index (χ4v) is 1.67. The van der Waals surface area contributed by atoms with Gasteiger partial charge in [0.25, 0.3) is 0 Å². The lowest BCUT2D eigenvalue weighted by molar-refractivity contribution is 0.131. The Labute approximate surface area is 122 Å². The van der Waals surface area contributed by atoms with Crippen LogP contribution in [0.25, 0.3) is 0 Å². The van der Waals surface area contributed by atoms with E-state index in [2.05, 4.69) is 34.4 Å². The van der Waals surface area contributed by atoms with E-state index in [-0.39, 0.29) is 0 Å². The Morgan fingerprint density at radius 1 is 1.05 bits per heavy atom. The second-order valence-electron chi connectivity index (χ2n) is 4.90. The Bertz CT molecular complexity index is 371. The summed E-state index contributed by atoms with van der Waals surface area (Å²) in [6.45, 7) is 9.76. The smallest absolute Gasteiger partial charge is 0.224 e. The Balaban J connectivity index is 2.27. The van der Waals surface area contributed by atoms with Gasteiger partial charge < -0.3 is 15.4 Å². The molecule has 5 heteroatoms. The van der Waals surface area contributed by atoms with Crippen molar-refractivity contribution in [1.29, 1.82) is 0 Å². The molecule has 0 aliphatic rings. The second kappa shape index (κ2) is 10.4. The van der Waals surface area contributed by atoms with Gasteiger partial charge in [0.05, 0.1) is 0 Å². The molecule has 0 radical (unpaired) electrons. The fraction of sp³-hybridized carbons (Fsp3) is 0.733. The van der Waals surface area contributed by atoms with Crippen LogP contribution in [-0.4, -0.2) is 36.3 Å². The predicted octanol–water partition coefficient (Wildman–Crippen LogP) is 3.23. The van der Waals surface area contributed by atoms with Crippen LogP contribution in [0.1, 0.15) is 45.1 Å². The minimum absolute atomic E-state index is 0.694. The minimum atomic E-state index is 0.694. The Hall–Kier alpha value is -1.36. The molecule has 0 atom stereocenters. The molecule has 114 valence electrons. The molecular weight excluding hydrogens is 252 g/mol. The lowest BCUT2D eigenvalue weighted by Crippen LogP contribution is -2.11. The summed E-state index contributed by atoms with van der Waals surface area (Å²) >= 11 is 0. The lowest BCUT2D eigenvalue weighted by atomic mass is 10.3. The largest absolute Gasteiger partial charge is 0.381 e. The number of hydrogen-bond acceptors (Lipinski definition) is 5. The molecule has 5 nitrogen and oxygen atoms in total. The first-order valence-electron chi connectivity index (χ1n) is 7.67. The maximum Gasteiger partial charge on any atom is 0.224 e. The topological polar surface area (TPSA) is 59.1 Å². The van der Waals surface area contributed by atoms with E-state index in [9.17, 15) is 0 Å². The van der Waals surface area contributed by atoms with Crippen molar-refractivity contribution in [3.63, 3.8) is 0 Å². The highest BCUT2D eigenvalue weighted by atomic mass is 16.5. The molecule has 0 aromatic carbocycles. The molecule has 1 aromatic rings. The Kier molecular flexibility index (Phi) is 8.71. The van der Waals surface area contributed by atoms with Crippen LogP contribution in [0.5, 0.6) is 0 Å². The third-order valence-corrected chi connectivity index (χ3v) is 2.90. The molecule has 0 unspecified atom stereocenters. The molecule has 2 N–H and O–H groups in total. The van der Waals surface area contributed by atoms with Gasteiger partial charge >= 0.3 is 0 Å². The van der Waals surface area contributed by atoms with Gasteiger partial charge in [0.1, 0.15) is 5.82 Å². The summed E-state index contributed by atoms with van der Waals surface area (Å²) in [5.41, 5.74) is 1.07. The number of aryl methyl sites for hydroxylation is 1. The fourth-order valence-electron chi connectivity index (χ4n) is 1.67. The van der Waals surface area contributed by atoms with Crippen molar-refractivity contribution in [2.24, 2.45) is 0 Å². The average Bonchev–Trinajstić information content (AvgIpc) is 2.46. The molecular formula is C15H28N4O. The summed E-state index contributed by atoms with van der Waals surface area (Å²) in [6.07, 6.45) is 6.24. The molecule has 0 aliphatic heterocycles. The number of unbranched alkanes of at least 4 members (excludes halogenated alkanes) is 1. The molecule has 1 heterocycles. The van der Waals surface area contributed by atoms with E-state index in [0.29, 0.717) is 5.95 Å². The van der Waals surface area contributed by atoms with E-state index in [0.717, 1.165) is 56.9 Å². The average molecular weight is 280 g/mol. The van der Waals surface area contributed by atoms with Crippen LogP contribution < -0.4 is 10.6 Å². The maximum atomic E-state index is 5.53. The van der Waals surface area contributed by atoms with Gasteiger partial charge in [0.2, 0.25) is 5.95 Å². The zero-order valence-corrected chi connectivity index (χ0v) is 13.0. The van der Waals surface area contributed by atoms with Gasteiger partial charge in [0.15, 0.2) is 0 Å². The Morgan fingerprint density at radius 2 is 1.85 bits per heavy atom. The molecule has 20 heavy (non-hydrogen) atoms. The van der Waals surface area contributed by atoms with Crippen molar-refractivity contribution in [2.75, 3.05) is 36.9 Å². The third-order valence-electron chi connectivity index (χ3n) is 2.90. The first-order valence-corrected chi connectivity index (χ1v) is 7.67. The first kappa shape index (κ1) is 16.7. The summed E-state index contributed by atoms with van der Waals surface area (Å²) in [5.74, 6) is 1.60. The van der Waals surface area contributed by atoms with Gasteiger partial charge in [-0.1, -0.05) is 20.3 Å².